The first-order valence-electron chi connectivity index (χ1n) is 5.61. The normalized spacial score (nSPS) is 31.2. The van der Waals surface area contributed by atoms with Gasteiger partial charge in [0.25, 0.3) is 0 Å². The highest BCUT2D eigenvalue weighted by Crippen LogP contribution is 2.60. The van der Waals surface area contributed by atoms with Crippen LogP contribution in [0.5, 0.6) is 0 Å². The minimum atomic E-state index is -0.722. The predicted octanol–water partition coefficient (Wildman–Crippen LogP) is 2.41. The second-order valence-corrected chi connectivity index (χ2v) is 5.01. The Morgan fingerprint density at radius 3 is 3.00 bits per heavy atom. The topological polar surface area (TPSA) is 37.3 Å². The van der Waals surface area contributed by atoms with E-state index in [0.29, 0.717) is 6.42 Å². The van der Waals surface area contributed by atoms with Gasteiger partial charge in [-0.2, -0.15) is 0 Å². The van der Waals surface area contributed by atoms with Gasteiger partial charge in [-0.3, -0.25) is 4.79 Å². The van der Waals surface area contributed by atoms with Gasteiger partial charge in [0.05, 0.1) is 5.92 Å². The number of rotatable bonds is 1. The van der Waals surface area contributed by atoms with Gasteiger partial charge in [-0.15, -0.1) is 0 Å². The molecule has 0 aromatic heterocycles. The van der Waals surface area contributed by atoms with Crippen molar-refractivity contribution in [2.24, 2.45) is 11.3 Å². The van der Waals surface area contributed by atoms with Crippen LogP contribution >= 0.6 is 0 Å². The molecule has 2 aliphatic carbocycles. The molecule has 0 saturated heterocycles. The van der Waals surface area contributed by atoms with Gasteiger partial charge in [0, 0.05) is 0 Å². The summed E-state index contributed by atoms with van der Waals surface area (Å²) in [6.45, 7) is 0. The van der Waals surface area contributed by atoms with Crippen LogP contribution in [0.25, 0.3) is 0 Å². The Kier molecular flexibility index (Phi) is 1.88. The molecule has 3 rings (SSSR count). The monoisotopic (exact) mass is 220 g/mol. The maximum atomic E-state index is 13.6. The van der Waals surface area contributed by atoms with Crippen LogP contribution in [0.2, 0.25) is 0 Å². The molecule has 0 aliphatic heterocycles. The van der Waals surface area contributed by atoms with E-state index in [0.717, 1.165) is 30.4 Å². The van der Waals surface area contributed by atoms with Gasteiger partial charge in [0.2, 0.25) is 0 Å². The molecule has 1 N–H and O–H groups in total. The zero-order valence-corrected chi connectivity index (χ0v) is 8.87. The zero-order chi connectivity index (χ0) is 11.3. The highest BCUT2D eigenvalue weighted by Gasteiger charge is 2.59. The molecule has 1 aromatic carbocycles. The van der Waals surface area contributed by atoms with Crippen LogP contribution in [-0.4, -0.2) is 11.1 Å². The number of benzene rings is 1. The van der Waals surface area contributed by atoms with Gasteiger partial charge in [0.15, 0.2) is 0 Å². The summed E-state index contributed by atoms with van der Waals surface area (Å²) in [7, 11) is 0. The summed E-state index contributed by atoms with van der Waals surface area (Å²) in [6, 6.07) is 5.15. The molecule has 3 heteroatoms. The lowest BCUT2D eigenvalue weighted by Gasteiger charge is -2.25. The van der Waals surface area contributed by atoms with E-state index < -0.39 is 5.97 Å². The lowest BCUT2D eigenvalue weighted by Crippen LogP contribution is -2.21. The fraction of sp³-hybridized carbons (Fsp3) is 0.462. The molecule has 84 valence electrons. The number of carboxylic acids is 1. The molecule has 1 spiro atoms. The van der Waals surface area contributed by atoms with Crippen molar-refractivity contribution in [3.8, 4) is 0 Å². The lowest BCUT2D eigenvalue weighted by atomic mass is 9.80. The SMILES string of the molecule is O=C(O)C1CC12CCc1cccc(F)c1C2. The molecule has 0 bridgehead atoms. The third-order valence-corrected chi connectivity index (χ3v) is 4.12. The van der Waals surface area contributed by atoms with Gasteiger partial charge < -0.3 is 5.11 Å². The van der Waals surface area contributed by atoms with E-state index in [1.807, 2.05) is 6.07 Å². The van der Waals surface area contributed by atoms with Crippen molar-refractivity contribution in [1.29, 1.82) is 0 Å². The Labute approximate surface area is 93.1 Å². The Balaban J connectivity index is 1.93. The minimum Gasteiger partial charge on any atom is -0.481 e. The summed E-state index contributed by atoms with van der Waals surface area (Å²) >= 11 is 0. The second-order valence-electron chi connectivity index (χ2n) is 5.01. The zero-order valence-electron chi connectivity index (χ0n) is 8.87. The standard InChI is InChI=1S/C13H13FO2/c14-11-3-1-2-8-4-5-13(6-9(8)11)7-10(13)12(15)16/h1-3,10H,4-7H2,(H,15,16). The first-order chi connectivity index (χ1) is 7.62. The molecule has 2 atom stereocenters. The van der Waals surface area contributed by atoms with Crippen LogP contribution in [0.1, 0.15) is 24.0 Å². The molecule has 0 radical (unpaired) electrons. The summed E-state index contributed by atoms with van der Waals surface area (Å²) in [4.78, 5) is 10.9. The average Bonchev–Trinajstić information content (AvgIpc) is 2.95. The van der Waals surface area contributed by atoms with Crippen molar-refractivity contribution in [3.63, 3.8) is 0 Å². The van der Waals surface area contributed by atoms with Crippen molar-refractivity contribution in [3.05, 3.63) is 35.1 Å². The Morgan fingerprint density at radius 2 is 2.31 bits per heavy atom. The van der Waals surface area contributed by atoms with Crippen molar-refractivity contribution in [1.82, 2.24) is 0 Å². The van der Waals surface area contributed by atoms with E-state index >= 15 is 0 Å². The summed E-state index contributed by atoms with van der Waals surface area (Å²) in [6.07, 6.45) is 3.03. The minimum absolute atomic E-state index is 0.138. The molecule has 16 heavy (non-hydrogen) atoms. The van der Waals surface area contributed by atoms with Crippen LogP contribution in [0.15, 0.2) is 18.2 Å². The number of aryl methyl sites for hydroxylation is 1. The molecule has 1 fully saturated rings. The average molecular weight is 220 g/mol. The van der Waals surface area contributed by atoms with E-state index in [9.17, 15) is 9.18 Å². The van der Waals surface area contributed by atoms with Gasteiger partial charge in [-0.25, -0.2) is 4.39 Å². The smallest absolute Gasteiger partial charge is 0.307 e. The summed E-state index contributed by atoms with van der Waals surface area (Å²) in [5, 5.41) is 8.99. The number of aliphatic carboxylic acids is 1. The van der Waals surface area contributed by atoms with Crippen molar-refractivity contribution in [2.75, 3.05) is 0 Å². The quantitative estimate of drug-likeness (QED) is 0.789. The highest BCUT2D eigenvalue weighted by atomic mass is 19.1. The number of carbonyl (C=O) groups is 1. The van der Waals surface area contributed by atoms with Gasteiger partial charge in [-0.05, 0) is 48.3 Å². The number of carboxylic acid groups (broad SMARTS) is 1. The van der Waals surface area contributed by atoms with Crippen LogP contribution < -0.4 is 0 Å². The molecule has 1 saturated carbocycles. The predicted molar refractivity (Wildman–Crippen MR) is 56.6 cm³/mol. The fourth-order valence-electron chi connectivity index (χ4n) is 3.03. The molecule has 1 aromatic rings. The van der Waals surface area contributed by atoms with Crippen molar-refractivity contribution >= 4 is 5.97 Å². The van der Waals surface area contributed by atoms with E-state index in [2.05, 4.69) is 0 Å². The van der Waals surface area contributed by atoms with Gasteiger partial charge >= 0.3 is 5.97 Å². The van der Waals surface area contributed by atoms with Crippen LogP contribution in [-0.2, 0) is 17.6 Å². The maximum absolute atomic E-state index is 13.6. The van der Waals surface area contributed by atoms with E-state index in [-0.39, 0.29) is 17.2 Å². The van der Waals surface area contributed by atoms with Gasteiger partial charge in [-0.1, -0.05) is 12.1 Å². The molecular weight excluding hydrogens is 207 g/mol. The van der Waals surface area contributed by atoms with E-state index in [1.165, 1.54) is 6.07 Å². The van der Waals surface area contributed by atoms with Crippen LogP contribution in [0, 0.1) is 17.2 Å². The molecule has 0 heterocycles. The maximum Gasteiger partial charge on any atom is 0.307 e. The molecule has 2 aliphatic rings. The molecule has 2 nitrogen and oxygen atoms in total. The first kappa shape index (κ1) is 9.82. The van der Waals surface area contributed by atoms with Gasteiger partial charge in [0.1, 0.15) is 5.82 Å². The molecule has 0 amide bonds. The number of hydrogen-bond donors (Lipinski definition) is 1. The van der Waals surface area contributed by atoms with Crippen LogP contribution in [0.3, 0.4) is 0 Å². The van der Waals surface area contributed by atoms with Crippen LogP contribution in [0.4, 0.5) is 4.39 Å². The number of halogens is 1. The second kappa shape index (κ2) is 3.06. The lowest BCUT2D eigenvalue weighted by molar-refractivity contribution is -0.139. The molecular formula is C13H13FO2. The highest BCUT2D eigenvalue weighted by molar-refractivity contribution is 5.75. The largest absolute Gasteiger partial charge is 0.481 e. The summed E-state index contributed by atoms with van der Waals surface area (Å²) in [5.74, 6) is -1.15. The first-order valence-corrected chi connectivity index (χ1v) is 5.61. The van der Waals surface area contributed by atoms with Crippen molar-refractivity contribution < 1.29 is 14.3 Å². The van der Waals surface area contributed by atoms with E-state index in [4.69, 9.17) is 5.11 Å². The third-order valence-electron chi connectivity index (χ3n) is 4.12. The third kappa shape index (κ3) is 1.27. The number of hydrogen-bond acceptors (Lipinski definition) is 1. The fourth-order valence-corrected chi connectivity index (χ4v) is 3.03. The van der Waals surface area contributed by atoms with E-state index in [1.54, 1.807) is 6.07 Å². The Morgan fingerprint density at radius 1 is 1.50 bits per heavy atom. The number of fused-ring (bicyclic) bond motifs is 1. The van der Waals surface area contributed by atoms with Crippen molar-refractivity contribution in [2.45, 2.75) is 25.7 Å². The summed E-state index contributed by atoms with van der Waals surface area (Å²) < 4.78 is 13.6. The Bertz CT molecular complexity index is 469. The summed E-state index contributed by atoms with van der Waals surface area (Å²) in [5.41, 5.74) is 1.67. The molecule has 2 unspecified atom stereocenters. The Hall–Kier alpha value is -1.38.